The summed E-state index contributed by atoms with van der Waals surface area (Å²) in [4.78, 5) is 2.29. The zero-order chi connectivity index (χ0) is 13.4. The fourth-order valence-corrected chi connectivity index (χ4v) is 1.68. The Hall–Kier alpha value is -1.37. The van der Waals surface area contributed by atoms with Crippen LogP contribution in [0.15, 0.2) is 30.3 Å². The number of benzene rings is 1. The molecule has 0 fully saturated rings. The molecule has 1 N–H and O–H groups in total. The minimum atomic E-state index is -0.0597. The molecule has 3 nitrogen and oxygen atoms in total. The highest BCUT2D eigenvalue weighted by molar-refractivity contribution is 5.24. The Morgan fingerprint density at radius 1 is 1.28 bits per heavy atom. The second-order valence-electron chi connectivity index (χ2n) is 4.87. The average Bonchev–Trinajstić information content (AvgIpc) is 2.39. The number of hydrogen-bond donors (Lipinski definition) is 1. The first kappa shape index (κ1) is 14.7. The van der Waals surface area contributed by atoms with Gasteiger partial charge in [-0.3, -0.25) is 0 Å². The van der Waals surface area contributed by atoms with E-state index in [4.69, 9.17) is 0 Å². The van der Waals surface area contributed by atoms with Gasteiger partial charge in [0.15, 0.2) is 0 Å². The van der Waals surface area contributed by atoms with E-state index in [-0.39, 0.29) is 5.92 Å². The Bertz CT molecular complexity index is 367. The molecule has 1 aromatic carbocycles. The zero-order valence-electron chi connectivity index (χ0n) is 11.6. The number of rotatable bonds is 7. The Balaban J connectivity index is 2.32. The minimum Gasteiger partial charge on any atom is -0.314 e. The average molecular weight is 245 g/mol. The van der Waals surface area contributed by atoms with Gasteiger partial charge in [-0.05, 0) is 26.5 Å². The predicted molar refractivity (Wildman–Crippen MR) is 75.4 cm³/mol. The van der Waals surface area contributed by atoms with Crippen LogP contribution in [-0.4, -0.2) is 37.6 Å². The number of hydrogen-bond acceptors (Lipinski definition) is 3. The van der Waals surface area contributed by atoms with E-state index in [0.717, 1.165) is 18.7 Å². The van der Waals surface area contributed by atoms with Gasteiger partial charge in [-0.25, -0.2) is 0 Å². The lowest BCUT2D eigenvalue weighted by atomic mass is 10.0. The summed E-state index contributed by atoms with van der Waals surface area (Å²) in [6, 6.07) is 12.9. The summed E-state index contributed by atoms with van der Waals surface area (Å²) in [6.45, 7) is 7.00. The molecule has 0 aromatic heterocycles. The molecule has 18 heavy (non-hydrogen) atoms. The first-order valence-electron chi connectivity index (χ1n) is 6.50. The summed E-state index contributed by atoms with van der Waals surface area (Å²) in [6.07, 6.45) is 0. The number of nitrogens with zero attached hydrogens (tertiary/aromatic N) is 2. The summed E-state index contributed by atoms with van der Waals surface area (Å²) in [5.41, 5.74) is 1.09. The van der Waals surface area contributed by atoms with Crippen molar-refractivity contribution in [3.05, 3.63) is 35.9 Å². The second kappa shape index (κ2) is 7.86. The molecule has 0 radical (unpaired) electrons. The fraction of sp³-hybridized carbons (Fsp3) is 0.533. The summed E-state index contributed by atoms with van der Waals surface area (Å²) in [5, 5.41) is 12.5. The lowest BCUT2D eigenvalue weighted by Crippen LogP contribution is -2.35. The van der Waals surface area contributed by atoms with Gasteiger partial charge in [0.1, 0.15) is 0 Å². The number of nitriles is 1. The van der Waals surface area contributed by atoms with E-state index in [1.807, 2.05) is 30.3 Å². The molecule has 3 heteroatoms. The molecule has 1 unspecified atom stereocenters. The highest BCUT2D eigenvalue weighted by Crippen LogP contribution is 2.12. The Kier molecular flexibility index (Phi) is 6.42. The van der Waals surface area contributed by atoms with Crippen molar-refractivity contribution in [2.45, 2.75) is 25.8 Å². The van der Waals surface area contributed by atoms with Gasteiger partial charge in [0.25, 0.3) is 0 Å². The van der Waals surface area contributed by atoms with Gasteiger partial charge in [0, 0.05) is 25.7 Å². The van der Waals surface area contributed by atoms with Crippen molar-refractivity contribution in [2.24, 2.45) is 0 Å². The summed E-state index contributed by atoms with van der Waals surface area (Å²) >= 11 is 0. The molecule has 1 atom stereocenters. The van der Waals surface area contributed by atoms with Crippen LogP contribution in [-0.2, 0) is 0 Å². The minimum absolute atomic E-state index is 0.0597. The first-order chi connectivity index (χ1) is 8.65. The predicted octanol–water partition coefficient (Wildman–Crippen LogP) is 2.22. The molecule has 0 amide bonds. The molecule has 0 aliphatic carbocycles. The van der Waals surface area contributed by atoms with Gasteiger partial charge in [-0.1, -0.05) is 30.3 Å². The zero-order valence-corrected chi connectivity index (χ0v) is 11.6. The lowest BCUT2D eigenvalue weighted by Gasteiger charge is -2.21. The standard InChI is InChI=1S/C15H23N3/c1-13(2)18(3)10-9-17-12-15(11-16)14-7-5-4-6-8-14/h4-8,13,15,17H,9-10,12H2,1-3H3. The van der Waals surface area contributed by atoms with Gasteiger partial charge in [0.05, 0.1) is 12.0 Å². The van der Waals surface area contributed by atoms with Gasteiger partial charge in [-0.15, -0.1) is 0 Å². The number of likely N-dealkylation sites (N-methyl/N-ethyl adjacent to an activating group) is 1. The van der Waals surface area contributed by atoms with Crippen molar-refractivity contribution >= 4 is 0 Å². The van der Waals surface area contributed by atoms with Crippen LogP contribution in [0.25, 0.3) is 0 Å². The van der Waals surface area contributed by atoms with Crippen LogP contribution in [0, 0.1) is 11.3 Å². The second-order valence-corrected chi connectivity index (χ2v) is 4.87. The molecule has 98 valence electrons. The van der Waals surface area contributed by atoms with Crippen LogP contribution in [0.2, 0.25) is 0 Å². The SMILES string of the molecule is CC(C)N(C)CCNCC(C#N)c1ccccc1. The van der Waals surface area contributed by atoms with E-state index in [1.54, 1.807) is 0 Å². The summed E-state index contributed by atoms with van der Waals surface area (Å²) in [7, 11) is 2.12. The van der Waals surface area contributed by atoms with Crippen molar-refractivity contribution in [3.63, 3.8) is 0 Å². The third kappa shape index (κ3) is 4.87. The molecule has 0 aliphatic rings. The van der Waals surface area contributed by atoms with Crippen molar-refractivity contribution in [1.82, 2.24) is 10.2 Å². The molecular formula is C15H23N3. The third-order valence-corrected chi connectivity index (χ3v) is 3.23. The molecule has 0 aliphatic heterocycles. The molecule has 0 heterocycles. The van der Waals surface area contributed by atoms with Crippen LogP contribution >= 0.6 is 0 Å². The van der Waals surface area contributed by atoms with Gasteiger partial charge in [-0.2, -0.15) is 5.26 Å². The van der Waals surface area contributed by atoms with Crippen molar-refractivity contribution in [3.8, 4) is 6.07 Å². The monoisotopic (exact) mass is 245 g/mol. The van der Waals surface area contributed by atoms with Crippen molar-refractivity contribution in [1.29, 1.82) is 5.26 Å². The summed E-state index contributed by atoms with van der Waals surface area (Å²) < 4.78 is 0. The van der Waals surface area contributed by atoms with Crippen molar-refractivity contribution in [2.75, 3.05) is 26.7 Å². The molecule has 1 rings (SSSR count). The van der Waals surface area contributed by atoms with Gasteiger partial charge >= 0.3 is 0 Å². The van der Waals surface area contributed by atoms with E-state index in [2.05, 4.69) is 37.2 Å². The maximum atomic E-state index is 9.18. The molecular weight excluding hydrogens is 222 g/mol. The highest BCUT2D eigenvalue weighted by atomic mass is 15.1. The van der Waals surface area contributed by atoms with Crippen LogP contribution < -0.4 is 5.32 Å². The number of nitrogens with one attached hydrogen (secondary N) is 1. The quantitative estimate of drug-likeness (QED) is 0.749. The van der Waals surface area contributed by atoms with Crippen LogP contribution in [0.1, 0.15) is 25.3 Å². The molecule has 0 bridgehead atoms. The van der Waals surface area contributed by atoms with Crippen LogP contribution in [0.3, 0.4) is 0 Å². The fourth-order valence-electron chi connectivity index (χ4n) is 1.68. The molecule has 1 aromatic rings. The Labute approximate surface area is 110 Å². The Morgan fingerprint density at radius 3 is 2.50 bits per heavy atom. The largest absolute Gasteiger partial charge is 0.314 e. The Morgan fingerprint density at radius 2 is 1.94 bits per heavy atom. The van der Waals surface area contributed by atoms with Gasteiger partial charge in [0.2, 0.25) is 0 Å². The van der Waals surface area contributed by atoms with Crippen LogP contribution in [0.4, 0.5) is 0 Å². The van der Waals surface area contributed by atoms with Crippen molar-refractivity contribution < 1.29 is 0 Å². The maximum Gasteiger partial charge on any atom is 0.0837 e. The van der Waals surface area contributed by atoms with Gasteiger partial charge < -0.3 is 10.2 Å². The van der Waals surface area contributed by atoms with Crippen LogP contribution in [0.5, 0.6) is 0 Å². The lowest BCUT2D eigenvalue weighted by molar-refractivity contribution is 0.273. The first-order valence-corrected chi connectivity index (χ1v) is 6.50. The maximum absolute atomic E-state index is 9.18. The van der Waals surface area contributed by atoms with E-state index < -0.39 is 0 Å². The van der Waals surface area contributed by atoms with E-state index in [0.29, 0.717) is 12.6 Å². The van der Waals surface area contributed by atoms with E-state index >= 15 is 0 Å². The molecule has 0 saturated carbocycles. The smallest absolute Gasteiger partial charge is 0.0837 e. The normalized spacial score (nSPS) is 12.7. The topological polar surface area (TPSA) is 39.1 Å². The van der Waals surface area contributed by atoms with E-state index in [9.17, 15) is 5.26 Å². The third-order valence-electron chi connectivity index (χ3n) is 3.23. The summed E-state index contributed by atoms with van der Waals surface area (Å²) in [5.74, 6) is -0.0597. The molecule has 0 saturated heterocycles. The highest BCUT2D eigenvalue weighted by Gasteiger charge is 2.09. The molecule has 0 spiro atoms. The van der Waals surface area contributed by atoms with E-state index in [1.165, 1.54) is 0 Å².